The number of nitrogens with one attached hydrogen (secondary N) is 1. The zero-order chi connectivity index (χ0) is 36.0. The normalized spacial score (nSPS) is 15.3. The van der Waals surface area contributed by atoms with Gasteiger partial charge >= 0.3 is 0 Å². The molecule has 0 unspecified atom stereocenters. The van der Waals surface area contributed by atoms with Gasteiger partial charge in [0.2, 0.25) is 11.8 Å². The largest absolute Gasteiger partial charge is 0.356 e. The molecule has 2 amide bonds. The van der Waals surface area contributed by atoms with Crippen LogP contribution in [-0.4, -0.2) is 36.3 Å². The lowest BCUT2D eigenvalue weighted by Crippen LogP contribution is -2.41. The maximum absolute atomic E-state index is 12.7. The van der Waals surface area contributed by atoms with Crippen LogP contribution in [0.1, 0.15) is 129 Å². The second-order valence-corrected chi connectivity index (χ2v) is 12.8. The van der Waals surface area contributed by atoms with Gasteiger partial charge in [-0.15, -0.1) is 0 Å². The van der Waals surface area contributed by atoms with Crippen molar-refractivity contribution in [2.24, 2.45) is 5.92 Å². The van der Waals surface area contributed by atoms with E-state index >= 15 is 0 Å². The molecule has 1 saturated heterocycles. The van der Waals surface area contributed by atoms with Gasteiger partial charge in [-0.3, -0.25) is 9.59 Å². The van der Waals surface area contributed by atoms with Crippen molar-refractivity contribution in [3.05, 3.63) is 122 Å². The van der Waals surface area contributed by atoms with Crippen LogP contribution in [0.15, 0.2) is 122 Å². The predicted molar refractivity (Wildman–Crippen MR) is 219 cm³/mol. The third-order valence-electron chi connectivity index (χ3n) is 8.41. The smallest absolute Gasteiger partial charge is 0.222 e. The summed E-state index contributed by atoms with van der Waals surface area (Å²) in [7, 11) is 0. The summed E-state index contributed by atoms with van der Waals surface area (Å²) in [5.74, 6) is 0.885. The summed E-state index contributed by atoms with van der Waals surface area (Å²) < 4.78 is 0. The molecule has 0 atom stereocenters. The second kappa shape index (κ2) is 35.2. The molecule has 4 nitrogen and oxygen atoms in total. The zero-order valence-corrected chi connectivity index (χ0v) is 31.7. The predicted octanol–water partition coefficient (Wildman–Crippen LogP) is 12.2. The van der Waals surface area contributed by atoms with E-state index < -0.39 is 0 Å². The molecule has 0 aromatic heterocycles. The minimum atomic E-state index is 0.144. The van der Waals surface area contributed by atoms with Crippen LogP contribution in [0.25, 0.3) is 0 Å². The molecule has 50 heavy (non-hydrogen) atoms. The molecule has 1 fully saturated rings. The van der Waals surface area contributed by atoms with Crippen LogP contribution in [0.4, 0.5) is 0 Å². The van der Waals surface area contributed by atoms with Gasteiger partial charge in [0.1, 0.15) is 0 Å². The van der Waals surface area contributed by atoms with E-state index in [1.807, 2.05) is 4.90 Å². The third kappa shape index (κ3) is 29.3. The number of carbonyl (C=O) groups is 2. The van der Waals surface area contributed by atoms with Gasteiger partial charge in [0.25, 0.3) is 0 Å². The minimum absolute atomic E-state index is 0.144. The van der Waals surface area contributed by atoms with Crippen LogP contribution < -0.4 is 5.32 Å². The highest BCUT2D eigenvalue weighted by molar-refractivity contribution is 5.76. The molecule has 0 aliphatic carbocycles. The molecule has 276 valence electrons. The molecule has 0 aromatic carbocycles. The van der Waals surface area contributed by atoms with E-state index in [-0.39, 0.29) is 11.8 Å². The summed E-state index contributed by atoms with van der Waals surface area (Å²) in [6, 6.07) is 0. The molecule has 1 rings (SSSR count). The Bertz CT molecular complexity index is 1140. The van der Waals surface area contributed by atoms with Gasteiger partial charge in [-0.05, 0) is 109 Å². The van der Waals surface area contributed by atoms with Crippen molar-refractivity contribution < 1.29 is 9.59 Å². The van der Waals surface area contributed by atoms with E-state index in [1.54, 1.807) is 0 Å². The number of rotatable bonds is 28. The topological polar surface area (TPSA) is 49.4 Å². The molecule has 0 spiro atoms. The van der Waals surface area contributed by atoms with Gasteiger partial charge in [-0.2, -0.15) is 0 Å². The number of nitrogens with zero attached hydrogens (tertiary/aromatic N) is 1. The van der Waals surface area contributed by atoms with Crippen molar-refractivity contribution in [1.29, 1.82) is 0 Å². The highest BCUT2D eigenvalue weighted by Gasteiger charge is 2.22. The lowest BCUT2D eigenvalue weighted by molar-refractivity contribution is -0.133. The van der Waals surface area contributed by atoms with Crippen molar-refractivity contribution >= 4 is 11.8 Å². The monoisotopic (exact) mass is 683 g/mol. The van der Waals surface area contributed by atoms with Gasteiger partial charge in [-0.1, -0.05) is 135 Å². The van der Waals surface area contributed by atoms with E-state index in [1.165, 1.54) is 0 Å². The Balaban J connectivity index is 2.00. The highest BCUT2D eigenvalue weighted by atomic mass is 16.2. The fourth-order valence-corrected chi connectivity index (χ4v) is 5.38. The quantitative estimate of drug-likeness (QED) is 0.0659. The molecular weight excluding hydrogens is 613 g/mol. The molecule has 0 aromatic rings. The first kappa shape index (κ1) is 44.4. The van der Waals surface area contributed by atoms with Gasteiger partial charge in [0, 0.05) is 32.5 Å². The molecular formula is C46H70N2O2. The van der Waals surface area contributed by atoms with E-state index in [2.05, 4.69) is 141 Å². The fourth-order valence-electron chi connectivity index (χ4n) is 5.38. The summed E-state index contributed by atoms with van der Waals surface area (Å²) in [4.78, 5) is 27.0. The summed E-state index contributed by atoms with van der Waals surface area (Å²) in [6.07, 6.45) is 61.0. The molecule has 0 saturated carbocycles. The first-order chi connectivity index (χ1) is 24.7. The van der Waals surface area contributed by atoms with Gasteiger partial charge in [-0.25, -0.2) is 0 Å². The molecule has 1 N–H and O–H groups in total. The maximum Gasteiger partial charge on any atom is 0.222 e. The summed E-state index contributed by atoms with van der Waals surface area (Å²) in [6.45, 7) is 6.66. The zero-order valence-electron chi connectivity index (χ0n) is 31.7. The summed E-state index contributed by atoms with van der Waals surface area (Å²) in [5.41, 5.74) is 0. The Morgan fingerprint density at radius 2 is 0.840 bits per heavy atom. The van der Waals surface area contributed by atoms with Crippen molar-refractivity contribution in [1.82, 2.24) is 10.2 Å². The maximum atomic E-state index is 12.7. The van der Waals surface area contributed by atoms with Gasteiger partial charge in [0.15, 0.2) is 0 Å². The number of amides is 2. The number of likely N-dealkylation sites (tertiary alicyclic amines) is 1. The van der Waals surface area contributed by atoms with Crippen LogP contribution in [-0.2, 0) is 9.59 Å². The van der Waals surface area contributed by atoms with Crippen LogP contribution in [0.5, 0.6) is 0 Å². The summed E-state index contributed by atoms with van der Waals surface area (Å²) >= 11 is 0. The van der Waals surface area contributed by atoms with Crippen molar-refractivity contribution in [3.8, 4) is 0 Å². The lowest BCUT2D eigenvalue weighted by Gasteiger charge is -2.32. The van der Waals surface area contributed by atoms with Crippen LogP contribution >= 0.6 is 0 Å². The average molecular weight is 683 g/mol. The minimum Gasteiger partial charge on any atom is -0.356 e. The number of allylic oxidation sites excluding steroid dienone is 20. The molecule has 4 heteroatoms. The SMILES string of the molecule is CC/C=C\C/C=C\C/C=C\C/C=C\C/C=C\CCCC(=O)NCC1CCN(C(=O)CCC/C=C\C/C=C\C/C=C\C/C=C\C/C=C\CC)CC1. The third-order valence-corrected chi connectivity index (χ3v) is 8.41. The van der Waals surface area contributed by atoms with E-state index in [0.717, 1.165) is 122 Å². The number of hydrogen-bond acceptors (Lipinski definition) is 2. The highest BCUT2D eigenvalue weighted by Crippen LogP contribution is 2.18. The van der Waals surface area contributed by atoms with E-state index in [9.17, 15) is 9.59 Å². The molecule has 1 aliphatic heterocycles. The number of hydrogen-bond donors (Lipinski definition) is 1. The van der Waals surface area contributed by atoms with E-state index in [0.29, 0.717) is 18.8 Å². The van der Waals surface area contributed by atoms with Gasteiger partial charge < -0.3 is 10.2 Å². The number of carbonyl (C=O) groups excluding carboxylic acids is 2. The Morgan fingerprint density at radius 1 is 0.500 bits per heavy atom. The molecule has 1 aliphatic rings. The van der Waals surface area contributed by atoms with Gasteiger partial charge in [0.05, 0.1) is 0 Å². The summed E-state index contributed by atoms with van der Waals surface area (Å²) in [5, 5.41) is 3.13. The fraction of sp³-hybridized carbons (Fsp3) is 0.522. The Kier molecular flexibility index (Phi) is 31.2. The molecule has 0 radical (unpaired) electrons. The molecule has 1 heterocycles. The van der Waals surface area contributed by atoms with Crippen molar-refractivity contribution in [2.45, 2.75) is 129 Å². The lowest BCUT2D eigenvalue weighted by atomic mass is 9.96. The Hall–Kier alpha value is -3.66. The van der Waals surface area contributed by atoms with E-state index in [4.69, 9.17) is 0 Å². The van der Waals surface area contributed by atoms with Crippen LogP contribution in [0.2, 0.25) is 0 Å². The standard InChI is InChI=1S/C46H70N2O2/c1-3-5-7-9-11-13-15-17-19-21-23-25-27-29-31-33-35-37-45(49)47-43-44-39-41-48(42-40-44)46(50)38-36-34-32-30-28-26-24-22-20-18-16-14-12-10-8-6-4-2/h5-8,11-14,17-20,23-26,29-32,44H,3-4,9-10,15-16,21-22,27-28,33-43H2,1-2H3,(H,47,49)/b7-5-,8-6-,13-11-,14-12-,19-17-,20-18-,25-23-,26-24-,31-29-,32-30-. The van der Waals surface area contributed by atoms with Crippen LogP contribution in [0.3, 0.4) is 0 Å². The molecule has 0 bridgehead atoms. The first-order valence-electron chi connectivity index (χ1n) is 19.7. The Labute approximate surface area is 307 Å². The second-order valence-electron chi connectivity index (χ2n) is 12.8. The number of piperidine rings is 1. The van der Waals surface area contributed by atoms with Crippen molar-refractivity contribution in [2.75, 3.05) is 19.6 Å². The Morgan fingerprint density at radius 3 is 1.22 bits per heavy atom. The average Bonchev–Trinajstić information content (AvgIpc) is 3.13. The van der Waals surface area contributed by atoms with Crippen molar-refractivity contribution in [3.63, 3.8) is 0 Å². The number of unbranched alkanes of at least 4 members (excludes halogenated alkanes) is 2. The first-order valence-corrected chi connectivity index (χ1v) is 19.7. The van der Waals surface area contributed by atoms with Crippen LogP contribution in [0, 0.1) is 5.92 Å².